The van der Waals surface area contributed by atoms with Gasteiger partial charge in [0.2, 0.25) is 0 Å². The average molecular weight is 259 g/mol. The van der Waals surface area contributed by atoms with Crippen LogP contribution in [0.2, 0.25) is 0 Å². The van der Waals surface area contributed by atoms with E-state index in [0.717, 1.165) is 19.3 Å². The number of nitrogens with one attached hydrogen (secondary N) is 1. The molecule has 3 N–H and O–H groups in total. The van der Waals surface area contributed by atoms with Crippen LogP contribution in [0, 0.1) is 5.92 Å². The van der Waals surface area contributed by atoms with Gasteiger partial charge in [-0.3, -0.25) is 4.99 Å². The van der Waals surface area contributed by atoms with Gasteiger partial charge in [0.1, 0.15) is 9.84 Å². The molecular formula is C11H21N3O2S. The van der Waals surface area contributed by atoms with E-state index in [1.807, 2.05) is 0 Å². The molecule has 0 amide bonds. The van der Waals surface area contributed by atoms with Crippen molar-refractivity contribution >= 4 is 15.8 Å². The van der Waals surface area contributed by atoms with E-state index in [1.54, 1.807) is 6.08 Å². The van der Waals surface area contributed by atoms with Crippen molar-refractivity contribution in [1.82, 2.24) is 5.32 Å². The standard InChI is InChI=1S/C11H21N3O2S/c1-2-6-13-11(12)14-7-3-10-4-8-17(15,16)9-5-10/h2,10H,1,3-9H2,(H3,12,13,14). The predicted octanol–water partition coefficient (Wildman–Crippen LogP) is 0.292. The summed E-state index contributed by atoms with van der Waals surface area (Å²) in [6.45, 7) is 4.83. The number of aliphatic imine (C=N–C) groups is 1. The Kier molecular flexibility index (Phi) is 5.47. The Bertz CT molecular complexity index is 362. The largest absolute Gasteiger partial charge is 0.370 e. The number of nitrogens with two attached hydrogens (primary N) is 1. The average Bonchev–Trinajstić information content (AvgIpc) is 2.29. The van der Waals surface area contributed by atoms with Crippen LogP contribution in [0.4, 0.5) is 0 Å². The van der Waals surface area contributed by atoms with Crippen molar-refractivity contribution in [3.63, 3.8) is 0 Å². The molecule has 1 heterocycles. The number of hydrogen-bond donors (Lipinski definition) is 2. The van der Waals surface area contributed by atoms with Crippen molar-refractivity contribution in [2.24, 2.45) is 16.6 Å². The van der Waals surface area contributed by atoms with E-state index in [0.29, 0.717) is 36.5 Å². The second-order valence-corrected chi connectivity index (χ2v) is 6.62. The highest BCUT2D eigenvalue weighted by Crippen LogP contribution is 2.21. The number of rotatable bonds is 5. The van der Waals surface area contributed by atoms with Gasteiger partial charge in [-0.1, -0.05) is 6.08 Å². The molecule has 17 heavy (non-hydrogen) atoms. The summed E-state index contributed by atoms with van der Waals surface area (Å²) in [5.74, 6) is 1.54. The Morgan fingerprint density at radius 1 is 1.47 bits per heavy atom. The molecule has 98 valence electrons. The molecular weight excluding hydrogens is 238 g/mol. The lowest BCUT2D eigenvalue weighted by Gasteiger charge is -2.20. The maximum absolute atomic E-state index is 11.2. The summed E-state index contributed by atoms with van der Waals surface area (Å²) in [6.07, 6.45) is 4.15. The Balaban J connectivity index is 2.21. The third-order valence-corrected chi connectivity index (χ3v) is 4.64. The molecule has 1 saturated heterocycles. The number of guanidine groups is 1. The van der Waals surface area contributed by atoms with Crippen LogP contribution in [-0.4, -0.2) is 39.0 Å². The Morgan fingerprint density at radius 3 is 2.71 bits per heavy atom. The first-order valence-corrected chi connectivity index (χ1v) is 7.71. The van der Waals surface area contributed by atoms with E-state index < -0.39 is 9.84 Å². The zero-order valence-corrected chi connectivity index (χ0v) is 10.9. The van der Waals surface area contributed by atoms with Crippen molar-refractivity contribution in [3.05, 3.63) is 12.7 Å². The van der Waals surface area contributed by atoms with Crippen LogP contribution in [0.25, 0.3) is 0 Å². The van der Waals surface area contributed by atoms with Crippen molar-refractivity contribution < 1.29 is 8.42 Å². The molecule has 1 fully saturated rings. The van der Waals surface area contributed by atoms with Gasteiger partial charge in [-0.05, 0) is 25.2 Å². The Hall–Kier alpha value is -1.04. The molecule has 1 aliphatic rings. The highest BCUT2D eigenvalue weighted by molar-refractivity contribution is 7.91. The second-order valence-electron chi connectivity index (χ2n) is 4.32. The topological polar surface area (TPSA) is 84.5 Å². The van der Waals surface area contributed by atoms with E-state index in [9.17, 15) is 8.42 Å². The lowest BCUT2D eigenvalue weighted by molar-refractivity contribution is 0.441. The van der Waals surface area contributed by atoms with E-state index in [2.05, 4.69) is 16.9 Å². The van der Waals surface area contributed by atoms with Crippen LogP contribution in [0.5, 0.6) is 0 Å². The first-order valence-electron chi connectivity index (χ1n) is 5.88. The Morgan fingerprint density at radius 2 is 2.12 bits per heavy atom. The fraction of sp³-hybridized carbons (Fsp3) is 0.727. The first-order chi connectivity index (χ1) is 8.03. The molecule has 5 nitrogen and oxygen atoms in total. The molecule has 6 heteroatoms. The minimum atomic E-state index is -2.75. The van der Waals surface area contributed by atoms with Crippen LogP contribution in [0.15, 0.2) is 17.6 Å². The molecule has 1 rings (SSSR count). The van der Waals surface area contributed by atoms with E-state index >= 15 is 0 Å². The van der Waals surface area contributed by atoms with Crippen molar-refractivity contribution in [2.75, 3.05) is 24.6 Å². The van der Waals surface area contributed by atoms with Gasteiger partial charge in [0.15, 0.2) is 5.96 Å². The smallest absolute Gasteiger partial charge is 0.188 e. The lowest BCUT2D eigenvalue weighted by atomic mass is 9.99. The maximum Gasteiger partial charge on any atom is 0.188 e. The zero-order valence-electron chi connectivity index (χ0n) is 10.1. The van der Waals surface area contributed by atoms with Gasteiger partial charge in [0, 0.05) is 13.1 Å². The summed E-state index contributed by atoms with van der Waals surface area (Å²) in [4.78, 5) is 4.18. The molecule has 0 unspecified atom stereocenters. The summed E-state index contributed by atoms with van der Waals surface area (Å²) in [5, 5.41) is 2.90. The van der Waals surface area contributed by atoms with Gasteiger partial charge < -0.3 is 11.1 Å². The highest BCUT2D eigenvalue weighted by Gasteiger charge is 2.22. The van der Waals surface area contributed by atoms with E-state index in [1.165, 1.54) is 0 Å². The number of hydrogen-bond acceptors (Lipinski definition) is 3. The van der Waals surface area contributed by atoms with Crippen LogP contribution in [0.1, 0.15) is 19.3 Å². The van der Waals surface area contributed by atoms with Gasteiger partial charge in [0.05, 0.1) is 11.5 Å². The molecule has 0 spiro atoms. The zero-order chi connectivity index (χ0) is 12.7. The summed E-state index contributed by atoms with van der Waals surface area (Å²) in [5.41, 5.74) is 5.61. The summed E-state index contributed by atoms with van der Waals surface area (Å²) in [6, 6.07) is 0. The monoisotopic (exact) mass is 259 g/mol. The van der Waals surface area contributed by atoms with Crippen LogP contribution >= 0.6 is 0 Å². The second kappa shape index (κ2) is 6.64. The minimum Gasteiger partial charge on any atom is -0.370 e. The molecule has 0 radical (unpaired) electrons. The van der Waals surface area contributed by atoms with Crippen LogP contribution in [-0.2, 0) is 9.84 Å². The SMILES string of the molecule is C=CCNC(N)=NCCC1CCS(=O)(=O)CC1. The number of nitrogens with zero attached hydrogens (tertiary/aromatic N) is 1. The Labute approximate surface area is 103 Å². The fourth-order valence-electron chi connectivity index (χ4n) is 1.83. The summed E-state index contributed by atoms with van der Waals surface area (Å²) in [7, 11) is -2.75. The molecule has 0 atom stereocenters. The van der Waals surface area contributed by atoms with Crippen molar-refractivity contribution in [1.29, 1.82) is 0 Å². The van der Waals surface area contributed by atoms with Gasteiger partial charge in [-0.25, -0.2) is 8.42 Å². The highest BCUT2D eigenvalue weighted by atomic mass is 32.2. The minimum absolute atomic E-state index is 0.325. The molecule has 0 aliphatic carbocycles. The quantitative estimate of drug-likeness (QED) is 0.422. The molecule has 0 saturated carbocycles. The van der Waals surface area contributed by atoms with Crippen LogP contribution in [0.3, 0.4) is 0 Å². The van der Waals surface area contributed by atoms with Crippen molar-refractivity contribution in [3.8, 4) is 0 Å². The normalized spacial score (nSPS) is 21.1. The predicted molar refractivity (Wildman–Crippen MR) is 70.7 cm³/mol. The van der Waals surface area contributed by atoms with Crippen LogP contribution < -0.4 is 11.1 Å². The van der Waals surface area contributed by atoms with Gasteiger partial charge >= 0.3 is 0 Å². The molecule has 1 aliphatic heterocycles. The van der Waals surface area contributed by atoms with Gasteiger partial charge in [-0.2, -0.15) is 0 Å². The number of sulfone groups is 1. The van der Waals surface area contributed by atoms with E-state index in [4.69, 9.17) is 5.73 Å². The third-order valence-electron chi connectivity index (χ3n) is 2.92. The first kappa shape index (κ1) is 14.0. The van der Waals surface area contributed by atoms with Crippen molar-refractivity contribution in [2.45, 2.75) is 19.3 Å². The van der Waals surface area contributed by atoms with Gasteiger partial charge in [0.25, 0.3) is 0 Å². The molecule has 0 aromatic carbocycles. The summed E-state index contributed by atoms with van der Waals surface area (Å²) < 4.78 is 22.5. The lowest BCUT2D eigenvalue weighted by Crippen LogP contribution is -2.32. The van der Waals surface area contributed by atoms with Gasteiger partial charge in [-0.15, -0.1) is 6.58 Å². The maximum atomic E-state index is 11.2. The third kappa shape index (κ3) is 5.72. The molecule has 0 aromatic rings. The van der Waals surface area contributed by atoms with E-state index in [-0.39, 0.29) is 0 Å². The fourth-order valence-corrected chi connectivity index (χ4v) is 3.42. The molecule has 0 aromatic heterocycles. The summed E-state index contributed by atoms with van der Waals surface area (Å²) >= 11 is 0. The molecule has 0 bridgehead atoms.